The van der Waals surface area contributed by atoms with Gasteiger partial charge in [0.2, 0.25) is 0 Å². The molecule has 25 heavy (non-hydrogen) atoms. The minimum Gasteiger partial charge on any atom is -0.357 e. The summed E-state index contributed by atoms with van der Waals surface area (Å²) in [7, 11) is 0. The highest BCUT2D eigenvalue weighted by Crippen LogP contribution is 2.06. The lowest BCUT2D eigenvalue weighted by Crippen LogP contribution is -2.39. The molecule has 0 bridgehead atoms. The van der Waals surface area contributed by atoms with Crippen molar-refractivity contribution in [1.29, 1.82) is 0 Å². The van der Waals surface area contributed by atoms with Crippen LogP contribution in [0.2, 0.25) is 0 Å². The highest BCUT2D eigenvalue weighted by molar-refractivity contribution is 14.0. The van der Waals surface area contributed by atoms with Gasteiger partial charge in [-0.2, -0.15) is 0 Å². The van der Waals surface area contributed by atoms with Crippen molar-refractivity contribution in [2.45, 2.75) is 78.7 Å². The molecule has 0 aromatic carbocycles. The number of aryl methyl sites for hydroxylation is 1. The van der Waals surface area contributed by atoms with E-state index in [0.29, 0.717) is 0 Å². The minimum atomic E-state index is 0. The van der Waals surface area contributed by atoms with Crippen LogP contribution in [0.15, 0.2) is 11.3 Å². The third-order valence-corrected chi connectivity index (χ3v) is 4.03. The predicted molar refractivity (Wildman–Crippen MR) is 117 cm³/mol. The second kappa shape index (κ2) is 16.6. The lowest BCUT2D eigenvalue weighted by molar-refractivity contribution is 0.591. The van der Waals surface area contributed by atoms with Crippen LogP contribution in [0.25, 0.3) is 0 Å². The van der Waals surface area contributed by atoms with Gasteiger partial charge in [-0.3, -0.25) is 4.99 Å². The second-order valence-electron chi connectivity index (χ2n) is 6.10. The normalized spacial score (nSPS) is 11.2. The average molecular weight is 464 g/mol. The molecule has 0 aliphatic carbocycles. The zero-order valence-electron chi connectivity index (χ0n) is 16.3. The first kappa shape index (κ1) is 24.1. The lowest BCUT2D eigenvalue weighted by atomic mass is 10.1. The SMILES string of the molecule is CCCCCCCCCN=C(NCC)NCCn1cnnc1CC.I. The molecule has 0 aliphatic heterocycles. The first-order valence-corrected chi connectivity index (χ1v) is 9.70. The number of aliphatic imine (C=N–C) groups is 1. The van der Waals surface area contributed by atoms with Crippen LogP contribution in [-0.2, 0) is 13.0 Å². The highest BCUT2D eigenvalue weighted by atomic mass is 127. The van der Waals surface area contributed by atoms with Gasteiger partial charge in [0.05, 0.1) is 0 Å². The predicted octanol–water partition coefficient (Wildman–Crippen LogP) is 3.76. The summed E-state index contributed by atoms with van der Waals surface area (Å²) in [6, 6.07) is 0. The minimum absolute atomic E-state index is 0. The van der Waals surface area contributed by atoms with Crippen molar-refractivity contribution in [3.63, 3.8) is 0 Å². The summed E-state index contributed by atoms with van der Waals surface area (Å²) in [6.45, 7) is 9.93. The summed E-state index contributed by atoms with van der Waals surface area (Å²) < 4.78 is 2.09. The zero-order chi connectivity index (χ0) is 17.5. The van der Waals surface area contributed by atoms with Crippen LogP contribution in [0.4, 0.5) is 0 Å². The molecule has 0 atom stereocenters. The maximum absolute atomic E-state index is 4.66. The fraction of sp³-hybridized carbons (Fsp3) is 0.833. The zero-order valence-corrected chi connectivity index (χ0v) is 18.6. The lowest BCUT2D eigenvalue weighted by Gasteiger charge is -2.12. The van der Waals surface area contributed by atoms with E-state index in [0.717, 1.165) is 44.4 Å². The number of unbranched alkanes of at least 4 members (excludes halogenated alkanes) is 6. The Balaban J connectivity index is 0.00000576. The van der Waals surface area contributed by atoms with Gasteiger partial charge >= 0.3 is 0 Å². The van der Waals surface area contributed by atoms with Crippen molar-refractivity contribution >= 4 is 29.9 Å². The molecule has 6 nitrogen and oxygen atoms in total. The molecule has 0 saturated carbocycles. The number of aromatic nitrogens is 3. The van der Waals surface area contributed by atoms with Crippen LogP contribution in [0.5, 0.6) is 0 Å². The fourth-order valence-corrected chi connectivity index (χ4v) is 2.64. The molecular formula is C18H37IN6. The van der Waals surface area contributed by atoms with Crippen LogP contribution in [0.1, 0.15) is 71.5 Å². The Hall–Kier alpha value is -0.860. The molecular weight excluding hydrogens is 427 g/mol. The maximum Gasteiger partial charge on any atom is 0.191 e. The molecule has 1 aromatic heterocycles. The van der Waals surface area contributed by atoms with Crippen molar-refractivity contribution in [2.75, 3.05) is 19.6 Å². The monoisotopic (exact) mass is 464 g/mol. The number of guanidine groups is 1. The van der Waals surface area contributed by atoms with Crippen LogP contribution >= 0.6 is 24.0 Å². The van der Waals surface area contributed by atoms with Crippen LogP contribution in [-0.4, -0.2) is 40.4 Å². The molecule has 146 valence electrons. The molecule has 1 aromatic rings. The number of nitrogens with one attached hydrogen (secondary N) is 2. The third kappa shape index (κ3) is 11.4. The Bertz CT molecular complexity index is 447. The van der Waals surface area contributed by atoms with Crippen molar-refractivity contribution in [2.24, 2.45) is 4.99 Å². The Labute approximate surface area is 170 Å². The quantitative estimate of drug-likeness (QED) is 0.202. The molecule has 0 saturated heterocycles. The second-order valence-corrected chi connectivity index (χ2v) is 6.10. The average Bonchev–Trinajstić information content (AvgIpc) is 3.04. The van der Waals surface area contributed by atoms with Gasteiger partial charge in [0, 0.05) is 32.6 Å². The first-order valence-electron chi connectivity index (χ1n) is 9.70. The smallest absolute Gasteiger partial charge is 0.191 e. The van der Waals surface area contributed by atoms with E-state index < -0.39 is 0 Å². The van der Waals surface area contributed by atoms with Crippen LogP contribution in [0, 0.1) is 0 Å². The number of hydrogen-bond acceptors (Lipinski definition) is 3. The Morgan fingerprint density at radius 2 is 1.76 bits per heavy atom. The number of halogens is 1. The molecule has 2 N–H and O–H groups in total. The Kier molecular flexibility index (Phi) is 16.0. The number of hydrogen-bond donors (Lipinski definition) is 2. The molecule has 0 amide bonds. The number of rotatable bonds is 13. The van der Waals surface area contributed by atoms with Gasteiger partial charge in [-0.25, -0.2) is 0 Å². The molecule has 0 spiro atoms. The van der Waals surface area contributed by atoms with E-state index in [-0.39, 0.29) is 24.0 Å². The molecule has 0 aliphatic rings. The van der Waals surface area contributed by atoms with E-state index in [4.69, 9.17) is 0 Å². The van der Waals surface area contributed by atoms with Gasteiger partial charge in [-0.05, 0) is 13.3 Å². The summed E-state index contributed by atoms with van der Waals surface area (Å²) in [6.07, 6.45) is 11.9. The van der Waals surface area contributed by atoms with Crippen molar-refractivity contribution < 1.29 is 0 Å². The first-order chi connectivity index (χ1) is 11.8. The maximum atomic E-state index is 4.66. The fourth-order valence-electron chi connectivity index (χ4n) is 2.64. The summed E-state index contributed by atoms with van der Waals surface area (Å²) in [4.78, 5) is 4.66. The molecule has 0 unspecified atom stereocenters. The highest BCUT2D eigenvalue weighted by Gasteiger charge is 2.02. The van der Waals surface area contributed by atoms with E-state index >= 15 is 0 Å². The Morgan fingerprint density at radius 3 is 2.44 bits per heavy atom. The van der Waals surface area contributed by atoms with E-state index in [1.165, 1.54) is 44.9 Å². The summed E-state index contributed by atoms with van der Waals surface area (Å²) in [5, 5.41) is 14.8. The molecule has 1 heterocycles. The largest absolute Gasteiger partial charge is 0.357 e. The van der Waals surface area contributed by atoms with Crippen LogP contribution < -0.4 is 10.6 Å². The van der Waals surface area contributed by atoms with Gasteiger partial charge in [0.25, 0.3) is 0 Å². The van der Waals surface area contributed by atoms with Gasteiger partial charge in [0.1, 0.15) is 12.2 Å². The van der Waals surface area contributed by atoms with Crippen molar-refractivity contribution in [3.05, 3.63) is 12.2 Å². The molecule has 0 fully saturated rings. The standard InChI is InChI=1S/C18H36N6.HI/c1-4-7-8-9-10-11-12-13-20-18(19-6-3)21-14-15-24-16-22-23-17(24)5-2;/h16H,4-15H2,1-3H3,(H2,19,20,21);1H. The molecule has 7 heteroatoms. The Morgan fingerprint density at radius 1 is 1.04 bits per heavy atom. The van der Waals surface area contributed by atoms with E-state index in [2.05, 4.69) is 51.2 Å². The molecule has 0 radical (unpaired) electrons. The van der Waals surface area contributed by atoms with E-state index in [9.17, 15) is 0 Å². The van der Waals surface area contributed by atoms with Crippen LogP contribution in [0.3, 0.4) is 0 Å². The van der Waals surface area contributed by atoms with E-state index in [1.54, 1.807) is 6.33 Å². The third-order valence-electron chi connectivity index (χ3n) is 4.03. The summed E-state index contributed by atoms with van der Waals surface area (Å²) in [5.41, 5.74) is 0. The number of nitrogens with zero attached hydrogens (tertiary/aromatic N) is 4. The van der Waals surface area contributed by atoms with Crippen molar-refractivity contribution in [1.82, 2.24) is 25.4 Å². The van der Waals surface area contributed by atoms with Gasteiger partial charge in [-0.1, -0.05) is 52.4 Å². The molecule has 1 rings (SSSR count). The van der Waals surface area contributed by atoms with E-state index in [1.807, 2.05) is 0 Å². The summed E-state index contributed by atoms with van der Waals surface area (Å²) >= 11 is 0. The van der Waals surface area contributed by atoms with Gasteiger partial charge in [-0.15, -0.1) is 34.2 Å². The van der Waals surface area contributed by atoms with Gasteiger partial charge < -0.3 is 15.2 Å². The topological polar surface area (TPSA) is 67.1 Å². The summed E-state index contributed by atoms with van der Waals surface area (Å²) in [5.74, 6) is 1.94. The van der Waals surface area contributed by atoms with Crippen molar-refractivity contribution in [3.8, 4) is 0 Å². The van der Waals surface area contributed by atoms with Gasteiger partial charge in [0.15, 0.2) is 5.96 Å².